The molecule has 0 radical (unpaired) electrons. The molecule has 0 bridgehead atoms. The summed E-state index contributed by atoms with van der Waals surface area (Å²) >= 11 is 0. The summed E-state index contributed by atoms with van der Waals surface area (Å²) in [5, 5.41) is 8.98. The second-order valence-electron chi connectivity index (χ2n) is 4.70. The minimum absolute atomic E-state index is 0.329. The number of aryl methyl sites for hydroxylation is 1. The number of aromatic carboxylic acids is 1. The summed E-state index contributed by atoms with van der Waals surface area (Å²) in [6, 6.07) is 15.3. The van der Waals surface area contributed by atoms with Gasteiger partial charge >= 0.3 is 5.97 Å². The van der Waals surface area contributed by atoms with Crippen LogP contribution in [0.5, 0.6) is 0 Å². The molecule has 3 nitrogen and oxygen atoms in total. The van der Waals surface area contributed by atoms with Gasteiger partial charge in [0.15, 0.2) is 0 Å². The van der Waals surface area contributed by atoms with Crippen LogP contribution in [-0.2, 0) is 6.54 Å². The quantitative estimate of drug-likeness (QED) is 0.911. The number of nitrogens with zero attached hydrogens (tertiary/aromatic N) is 1. The molecule has 2 rings (SSSR count). The fourth-order valence-electron chi connectivity index (χ4n) is 2.03. The molecule has 2 aromatic rings. The number of carboxylic acids is 1. The van der Waals surface area contributed by atoms with E-state index in [-0.39, 0.29) is 0 Å². The zero-order chi connectivity index (χ0) is 13.8. The van der Waals surface area contributed by atoms with Gasteiger partial charge in [-0.05, 0) is 42.3 Å². The van der Waals surface area contributed by atoms with Gasteiger partial charge in [0, 0.05) is 19.3 Å². The number of anilines is 1. The molecular formula is C16H17NO2. The number of carboxylic acid groups (broad SMARTS) is 1. The topological polar surface area (TPSA) is 40.5 Å². The van der Waals surface area contributed by atoms with Crippen molar-refractivity contribution >= 4 is 11.7 Å². The number of benzene rings is 2. The van der Waals surface area contributed by atoms with Crippen LogP contribution in [0.3, 0.4) is 0 Å². The van der Waals surface area contributed by atoms with Crippen molar-refractivity contribution in [3.8, 4) is 0 Å². The van der Waals surface area contributed by atoms with E-state index < -0.39 is 5.97 Å². The second kappa shape index (κ2) is 5.57. The number of hydrogen-bond donors (Lipinski definition) is 1. The standard InChI is InChI=1S/C16H17NO2/c1-12-5-3-8-15(9-12)17(2)11-13-6-4-7-14(10-13)16(18)19/h3-10H,11H2,1-2H3,(H,18,19). The average Bonchev–Trinajstić information content (AvgIpc) is 2.39. The van der Waals surface area contributed by atoms with E-state index in [9.17, 15) is 4.79 Å². The summed E-state index contributed by atoms with van der Waals surface area (Å²) in [6.07, 6.45) is 0. The van der Waals surface area contributed by atoms with Crippen molar-refractivity contribution in [1.29, 1.82) is 0 Å². The lowest BCUT2D eigenvalue weighted by Gasteiger charge is -2.20. The van der Waals surface area contributed by atoms with Gasteiger partial charge in [-0.1, -0.05) is 24.3 Å². The molecule has 19 heavy (non-hydrogen) atoms. The van der Waals surface area contributed by atoms with Gasteiger partial charge in [0.2, 0.25) is 0 Å². The Kier molecular flexibility index (Phi) is 3.85. The average molecular weight is 255 g/mol. The predicted octanol–water partition coefficient (Wildman–Crippen LogP) is 3.33. The Labute approximate surface area is 113 Å². The Hall–Kier alpha value is -2.29. The van der Waals surface area contributed by atoms with Crippen molar-refractivity contribution in [2.45, 2.75) is 13.5 Å². The molecule has 0 aliphatic carbocycles. The van der Waals surface area contributed by atoms with Gasteiger partial charge in [-0.15, -0.1) is 0 Å². The molecule has 0 aliphatic rings. The Morgan fingerprint density at radius 3 is 2.58 bits per heavy atom. The van der Waals surface area contributed by atoms with Crippen LogP contribution in [0.4, 0.5) is 5.69 Å². The Morgan fingerprint density at radius 1 is 1.16 bits per heavy atom. The maximum absolute atomic E-state index is 10.9. The van der Waals surface area contributed by atoms with Crippen molar-refractivity contribution in [2.24, 2.45) is 0 Å². The van der Waals surface area contributed by atoms with Gasteiger partial charge in [0.1, 0.15) is 0 Å². The zero-order valence-corrected chi connectivity index (χ0v) is 11.1. The highest BCUT2D eigenvalue weighted by molar-refractivity contribution is 5.87. The van der Waals surface area contributed by atoms with Crippen LogP contribution in [0.15, 0.2) is 48.5 Å². The molecule has 0 heterocycles. The summed E-state index contributed by atoms with van der Waals surface area (Å²) in [5.74, 6) is -0.889. The van der Waals surface area contributed by atoms with E-state index in [1.807, 2.05) is 25.2 Å². The lowest BCUT2D eigenvalue weighted by molar-refractivity contribution is 0.0696. The normalized spacial score (nSPS) is 10.2. The third kappa shape index (κ3) is 3.35. The Balaban J connectivity index is 2.17. The summed E-state index contributed by atoms with van der Waals surface area (Å²) < 4.78 is 0. The second-order valence-corrected chi connectivity index (χ2v) is 4.70. The van der Waals surface area contributed by atoms with Gasteiger partial charge in [0.05, 0.1) is 5.56 Å². The van der Waals surface area contributed by atoms with Gasteiger partial charge in [-0.25, -0.2) is 4.79 Å². The summed E-state index contributed by atoms with van der Waals surface area (Å²) in [5.41, 5.74) is 3.66. The molecule has 98 valence electrons. The number of rotatable bonds is 4. The van der Waals surface area contributed by atoms with Crippen molar-refractivity contribution in [3.63, 3.8) is 0 Å². The fourth-order valence-corrected chi connectivity index (χ4v) is 2.03. The molecule has 0 aromatic heterocycles. The largest absolute Gasteiger partial charge is 0.478 e. The van der Waals surface area contributed by atoms with Crippen LogP contribution in [0.25, 0.3) is 0 Å². The SMILES string of the molecule is Cc1cccc(N(C)Cc2cccc(C(=O)O)c2)c1. The third-order valence-corrected chi connectivity index (χ3v) is 3.04. The number of hydrogen-bond acceptors (Lipinski definition) is 2. The highest BCUT2D eigenvalue weighted by Crippen LogP contribution is 2.17. The van der Waals surface area contributed by atoms with Gasteiger partial charge in [-0.2, -0.15) is 0 Å². The molecule has 0 amide bonds. The zero-order valence-electron chi connectivity index (χ0n) is 11.1. The first kappa shape index (κ1) is 13.1. The van der Waals surface area contributed by atoms with Gasteiger partial charge in [0.25, 0.3) is 0 Å². The molecule has 0 aliphatic heterocycles. The highest BCUT2D eigenvalue weighted by atomic mass is 16.4. The van der Waals surface area contributed by atoms with E-state index >= 15 is 0 Å². The molecule has 0 atom stereocenters. The first-order chi connectivity index (χ1) is 9.06. The molecule has 0 saturated carbocycles. The first-order valence-corrected chi connectivity index (χ1v) is 6.16. The number of carbonyl (C=O) groups is 1. The van der Waals surface area contributed by atoms with Crippen molar-refractivity contribution in [2.75, 3.05) is 11.9 Å². The maximum atomic E-state index is 10.9. The Bertz CT molecular complexity index is 593. The Morgan fingerprint density at radius 2 is 1.89 bits per heavy atom. The molecule has 0 fully saturated rings. The molecule has 0 unspecified atom stereocenters. The molecular weight excluding hydrogens is 238 g/mol. The van der Waals surface area contributed by atoms with Crippen molar-refractivity contribution in [3.05, 3.63) is 65.2 Å². The van der Waals surface area contributed by atoms with Crippen molar-refractivity contribution < 1.29 is 9.90 Å². The smallest absolute Gasteiger partial charge is 0.335 e. The fraction of sp³-hybridized carbons (Fsp3) is 0.188. The summed E-state index contributed by atoms with van der Waals surface area (Å²) in [7, 11) is 2.00. The van der Waals surface area contributed by atoms with E-state index in [4.69, 9.17) is 5.11 Å². The van der Waals surface area contributed by atoms with Crippen LogP contribution >= 0.6 is 0 Å². The van der Waals surface area contributed by atoms with E-state index in [2.05, 4.69) is 24.0 Å². The van der Waals surface area contributed by atoms with Crippen LogP contribution in [0, 0.1) is 6.92 Å². The van der Waals surface area contributed by atoms with Gasteiger partial charge in [-0.3, -0.25) is 0 Å². The summed E-state index contributed by atoms with van der Waals surface area (Å²) in [6.45, 7) is 2.74. The van der Waals surface area contributed by atoms with Crippen molar-refractivity contribution in [1.82, 2.24) is 0 Å². The van der Waals surface area contributed by atoms with Crippen LogP contribution in [0.1, 0.15) is 21.5 Å². The lowest BCUT2D eigenvalue weighted by Crippen LogP contribution is -2.16. The monoisotopic (exact) mass is 255 g/mol. The molecule has 0 saturated heterocycles. The van der Waals surface area contributed by atoms with Crippen LogP contribution < -0.4 is 4.90 Å². The third-order valence-electron chi connectivity index (χ3n) is 3.04. The predicted molar refractivity (Wildman–Crippen MR) is 76.7 cm³/mol. The van der Waals surface area contributed by atoms with E-state index in [1.54, 1.807) is 18.2 Å². The summed E-state index contributed by atoms with van der Waals surface area (Å²) in [4.78, 5) is 13.0. The minimum atomic E-state index is -0.889. The maximum Gasteiger partial charge on any atom is 0.335 e. The first-order valence-electron chi connectivity index (χ1n) is 6.16. The van der Waals surface area contributed by atoms with Gasteiger partial charge < -0.3 is 10.0 Å². The molecule has 3 heteroatoms. The lowest BCUT2D eigenvalue weighted by atomic mass is 10.1. The van der Waals surface area contributed by atoms with E-state index in [1.165, 1.54) is 5.56 Å². The highest BCUT2D eigenvalue weighted by Gasteiger charge is 2.06. The van der Waals surface area contributed by atoms with Crippen LogP contribution in [0.2, 0.25) is 0 Å². The molecule has 2 aromatic carbocycles. The molecule has 1 N–H and O–H groups in total. The molecule has 0 spiro atoms. The van der Waals surface area contributed by atoms with E-state index in [0.717, 1.165) is 11.3 Å². The minimum Gasteiger partial charge on any atom is -0.478 e. The van der Waals surface area contributed by atoms with E-state index in [0.29, 0.717) is 12.1 Å². The van der Waals surface area contributed by atoms with Crippen LogP contribution in [-0.4, -0.2) is 18.1 Å².